The molecule has 0 bridgehead atoms. The molecule has 0 spiro atoms. The molecular formula is C17H25N3O. The zero-order valence-electron chi connectivity index (χ0n) is 13.3. The molecule has 4 nitrogen and oxygen atoms in total. The van der Waals surface area contributed by atoms with Crippen molar-refractivity contribution in [1.29, 1.82) is 0 Å². The van der Waals surface area contributed by atoms with E-state index < -0.39 is 0 Å². The minimum Gasteiger partial charge on any atom is -0.491 e. The van der Waals surface area contributed by atoms with E-state index in [-0.39, 0.29) is 12.1 Å². The molecule has 1 aromatic heterocycles. The van der Waals surface area contributed by atoms with Gasteiger partial charge in [-0.2, -0.15) is 5.10 Å². The van der Waals surface area contributed by atoms with Crippen LogP contribution in [0.3, 0.4) is 0 Å². The number of para-hydroxylation sites is 1. The zero-order valence-corrected chi connectivity index (χ0v) is 13.3. The second kappa shape index (κ2) is 6.76. The summed E-state index contributed by atoms with van der Waals surface area (Å²) in [6, 6.07) is 9.84. The fourth-order valence-electron chi connectivity index (χ4n) is 2.42. The number of benzene rings is 1. The van der Waals surface area contributed by atoms with Crippen LogP contribution in [0.4, 0.5) is 0 Å². The van der Waals surface area contributed by atoms with Gasteiger partial charge in [-0.25, -0.2) is 0 Å². The van der Waals surface area contributed by atoms with Crippen molar-refractivity contribution in [3.63, 3.8) is 0 Å². The van der Waals surface area contributed by atoms with E-state index in [0.717, 1.165) is 35.7 Å². The van der Waals surface area contributed by atoms with Crippen molar-refractivity contribution in [3.05, 3.63) is 47.3 Å². The van der Waals surface area contributed by atoms with Crippen molar-refractivity contribution < 1.29 is 4.74 Å². The van der Waals surface area contributed by atoms with Gasteiger partial charge in [0.2, 0.25) is 0 Å². The van der Waals surface area contributed by atoms with Crippen molar-refractivity contribution in [3.8, 4) is 5.75 Å². The number of ether oxygens (including phenoxy) is 1. The number of nitrogens with zero attached hydrogens (tertiary/aromatic N) is 2. The summed E-state index contributed by atoms with van der Waals surface area (Å²) in [4.78, 5) is 0. The van der Waals surface area contributed by atoms with E-state index in [2.05, 4.69) is 25.0 Å². The van der Waals surface area contributed by atoms with Gasteiger partial charge >= 0.3 is 0 Å². The van der Waals surface area contributed by atoms with Gasteiger partial charge in [0.25, 0.3) is 0 Å². The van der Waals surface area contributed by atoms with Crippen LogP contribution in [0.2, 0.25) is 0 Å². The Kier molecular flexibility index (Phi) is 5.02. The molecule has 2 rings (SSSR count). The second-order valence-electron chi connectivity index (χ2n) is 5.41. The fraction of sp³-hybridized carbons (Fsp3) is 0.471. The average Bonchev–Trinajstić information content (AvgIpc) is 2.90. The lowest BCUT2D eigenvalue weighted by molar-refractivity contribution is 0.239. The van der Waals surface area contributed by atoms with E-state index in [1.165, 1.54) is 0 Å². The van der Waals surface area contributed by atoms with Crippen LogP contribution in [0.15, 0.2) is 30.3 Å². The van der Waals surface area contributed by atoms with E-state index in [9.17, 15) is 0 Å². The molecule has 1 unspecified atom stereocenters. The van der Waals surface area contributed by atoms with Gasteiger partial charge in [0.15, 0.2) is 0 Å². The summed E-state index contributed by atoms with van der Waals surface area (Å²) in [5, 5.41) is 4.58. The summed E-state index contributed by atoms with van der Waals surface area (Å²) in [6.45, 7) is 9.05. The number of nitrogens with two attached hydrogens (primary N) is 1. The highest BCUT2D eigenvalue weighted by atomic mass is 16.5. The van der Waals surface area contributed by atoms with E-state index in [0.29, 0.717) is 0 Å². The first-order chi connectivity index (χ1) is 10.1. The molecule has 1 aromatic carbocycles. The zero-order chi connectivity index (χ0) is 15.4. The maximum Gasteiger partial charge on any atom is 0.124 e. The second-order valence-corrected chi connectivity index (χ2v) is 5.41. The largest absolute Gasteiger partial charge is 0.491 e. The van der Waals surface area contributed by atoms with E-state index in [4.69, 9.17) is 10.5 Å². The van der Waals surface area contributed by atoms with Gasteiger partial charge in [-0.3, -0.25) is 4.68 Å². The summed E-state index contributed by atoms with van der Waals surface area (Å²) >= 11 is 0. The Bertz CT molecular complexity index is 589. The third-order valence-corrected chi connectivity index (χ3v) is 3.46. The predicted octanol–water partition coefficient (Wildman–Crippen LogP) is 3.30. The highest BCUT2D eigenvalue weighted by Crippen LogP contribution is 2.29. The minimum absolute atomic E-state index is 0.126. The van der Waals surface area contributed by atoms with Gasteiger partial charge in [0, 0.05) is 12.1 Å². The monoisotopic (exact) mass is 287 g/mol. The van der Waals surface area contributed by atoms with Crippen molar-refractivity contribution >= 4 is 0 Å². The maximum absolute atomic E-state index is 6.50. The first-order valence-corrected chi connectivity index (χ1v) is 7.64. The van der Waals surface area contributed by atoms with Crippen molar-refractivity contribution in [2.75, 3.05) is 0 Å². The van der Waals surface area contributed by atoms with Gasteiger partial charge in [-0.1, -0.05) is 25.1 Å². The molecule has 1 atom stereocenters. The summed E-state index contributed by atoms with van der Waals surface area (Å²) in [7, 11) is 0. The number of aryl methyl sites for hydroxylation is 2. The first kappa shape index (κ1) is 15.6. The van der Waals surface area contributed by atoms with Gasteiger partial charge in [0.1, 0.15) is 5.75 Å². The number of hydrogen-bond donors (Lipinski definition) is 1. The molecule has 0 aliphatic heterocycles. The van der Waals surface area contributed by atoms with Crippen molar-refractivity contribution in [2.24, 2.45) is 5.73 Å². The van der Waals surface area contributed by atoms with Crippen molar-refractivity contribution in [1.82, 2.24) is 9.78 Å². The van der Waals surface area contributed by atoms with E-state index in [1.54, 1.807) is 0 Å². The Hall–Kier alpha value is -1.81. The highest BCUT2D eigenvalue weighted by molar-refractivity contribution is 5.40. The molecule has 0 radical (unpaired) electrons. The molecule has 0 amide bonds. The smallest absolute Gasteiger partial charge is 0.124 e. The Morgan fingerprint density at radius 2 is 1.95 bits per heavy atom. The van der Waals surface area contributed by atoms with Crippen LogP contribution in [0, 0.1) is 0 Å². The van der Waals surface area contributed by atoms with Crippen LogP contribution in [-0.4, -0.2) is 15.9 Å². The summed E-state index contributed by atoms with van der Waals surface area (Å²) < 4.78 is 7.87. The van der Waals surface area contributed by atoms with Crippen LogP contribution < -0.4 is 10.5 Å². The van der Waals surface area contributed by atoms with Crippen molar-refractivity contribution in [2.45, 2.75) is 52.8 Å². The quantitative estimate of drug-likeness (QED) is 0.887. The van der Waals surface area contributed by atoms with Crippen LogP contribution in [0.5, 0.6) is 5.75 Å². The Morgan fingerprint density at radius 3 is 2.57 bits per heavy atom. The van der Waals surface area contributed by atoms with Crippen LogP contribution in [0.25, 0.3) is 0 Å². The van der Waals surface area contributed by atoms with Gasteiger partial charge in [-0.05, 0) is 39.3 Å². The molecule has 2 aromatic rings. The first-order valence-electron chi connectivity index (χ1n) is 7.64. The number of hydrogen-bond acceptors (Lipinski definition) is 3. The lowest BCUT2D eigenvalue weighted by Gasteiger charge is -2.19. The van der Waals surface area contributed by atoms with Gasteiger partial charge in [-0.15, -0.1) is 0 Å². The molecule has 4 heteroatoms. The molecule has 114 valence electrons. The van der Waals surface area contributed by atoms with Crippen LogP contribution in [-0.2, 0) is 13.0 Å². The highest BCUT2D eigenvalue weighted by Gasteiger charge is 2.19. The van der Waals surface area contributed by atoms with Crippen LogP contribution >= 0.6 is 0 Å². The molecule has 0 fully saturated rings. The lowest BCUT2D eigenvalue weighted by Crippen LogP contribution is -2.19. The molecule has 2 N–H and O–H groups in total. The molecule has 0 aliphatic rings. The Labute approximate surface area is 126 Å². The molecule has 1 heterocycles. The lowest BCUT2D eigenvalue weighted by atomic mass is 10.0. The fourth-order valence-corrected chi connectivity index (χ4v) is 2.42. The average molecular weight is 287 g/mol. The molecule has 21 heavy (non-hydrogen) atoms. The van der Waals surface area contributed by atoms with E-state index >= 15 is 0 Å². The Morgan fingerprint density at radius 1 is 1.24 bits per heavy atom. The summed E-state index contributed by atoms with van der Waals surface area (Å²) in [5.74, 6) is 0.849. The summed E-state index contributed by atoms with van der Waals surface area (Å²) in [6.07, 6.45) is 1.04. The molecule has 0 saturated heterocycles. The predicted molar refractivity (Wildman–Crippen MR) is 85.5 cm³/mol. The summed E-state index contributed by atoms with van der Waals surface area (Å²) in [5.41, 5.74) is 9.61. The minimum atomic E-state index is -0.229. The molecule has 0 saturated carbocycles. The molecular weight excluding hydrogens is 262 g/mol. The van der Waals surface area contributed by atoms with Crippen LogP contribution in [0.1, 0.15) is 50.7 Å². The Balaban J connectivity index is 2.40. The SMILES string of the molecule is CCc1cc(C(N)c2ccccc2OC(C)C)n(CC)n1. The number of aromatic nitrogens is 2. The molecule has 0 aliphatic carbocycles. The van der Waals surface area contributed by atoms with E-state index in [1.807, 2.05) is 42.8 Å². The number of rotatable bonds is 6. The van der Waals surface area contributed by atoms with Gasteiger partial charge in [0.05, 0.1) is 23.5 Å². The maximum atomic E-state index is 6.50. The standard InChI is InChI=1S/C17H25N3O/c1-5-13-11-15(20(6-2)19-13)17(18)14-9-7-8-10-16(14)21-12(3)4/h7-12,17H,5-6,18H2,1-4H3. The van der Waals surface area contributed by atoms with Gasteiger partial charge < -0.3 is 10.5 Å². The normalized spacial score (nSPS) is 12.7. The third kappa shape index (κ3) is 3.45. The topological polar surface area (TPSA) is 53.1 Å². The third-order valence-electron chi connectivity index (χ3n) is 3.46.